The van der Waals surface area contributed by atoms with Crippen LogP contribution in [0.1, 0.15) is 50.4 Å². The predicted octanol–water partition coefficient (Wildman–Crippen LogP) is 2.44. The first-order chi connectivity index (χ1) is 12.4. The van der Waals surface area contributed by atoms with E-state index in [1.807, 2.05) is 11.3 Å². The number of quaternary nitrogens is 1. The smallest absolute Gasteiger partial charge is 0.187 e. The molecule has 0 spiro atoms. The molecule has 3 heterocycles. The molecule has 26 heavy (non-hydrogen) atoms. The van der Waals surface area contributed by atoms with Crippen molar-refractivity contribution in [1.82, 2.24) is 9.97 Å². The number of rotatable bonds is 3. The molecule has 1 aliphatic carbocycles. The van der Waals surface area contributed by atoms with Crippen LogP contribution in [0.25, 0.3) is 10.2 Å². The normalized spacial score (nSPS) is 21.8. The van der Waals surface area contributed by atoms with Crippen LogP contribution in [0.3, 0.4) is 0 Å². The summed E-state index contributed by atoms with van der Waals surface area (Å²) in [5.41, 5.74) is 1.49. The van der Waals surface area contributed by atoms with Crippen molar-refractivity contribution in [3.63, 3.8) is 0 Å². The minimum atomic E-state index is -0.0127. The summed E-state index contributed by atoms with van der Waals surface area (Å²) in [5.74, 6) is 2.78. The summed E-state index contributed by atoms with van der Waals surface area (Å²) >= 11 is 1.89. The van der Waals surface area contributed by atoms with Crippen LogP contribution < -0.4 is 10.2 Å². The van der Waals surface area contributed by atoms with E-state index in [2.05, 4.69) is 33.0 Å². The number of fused-ring (bicyclic) bond motifs is 3. The van der Waals surface area contributed by atoms with Gasteiger partial charge in [0.25, 0.3) is 0 Å². The van der Waals surface area contributed by atoms with Crippen LogP contribution in [0, 0.1) is 5.92 Å². The number of anilines is 1. The zero-order valence-corrected chi connectivity index (χ0v) is 17.3. The zero-order valence-electron chi connectivity index (χ0n) is 16.4. The van der Waals surface area contributed by atoms with Gasteiger partial charge >= 0.3 is 0 Å². The summed E-state index contributed by atoms with van der Waals surface area (Å²) in [7, 11) is 0. The van der Waals surface area contributed by atoms with Gasteiger partial charge in [-0.3, -0.25) is 0 Å². The SMILES string of the molecule is C[C@@H]1CCc2c(sc3nc(C[NH+]4CCOCC4)nc(NC(C)(C)C)c23)C1. The van der Waals surface area contributed by atoms with Gasteiger partial charge in [-0.2, -0.15) is 0 Å². The van der Waals surface area contributed by atoms with Gasteiger partial charge in [-0.05, 0) is 51.5 Å². The largest absolute Gasteiger partial charge is 0.370 e. The zero-order chi connectivity index (χ0) is 18.3. The number of hydrogen-bond acceptors (Lipinski definition) is 5. The third-order valence-corrected chi connectivity index (χ3v) is 6.45. The Morgan fingerprint density at radius 3 is 2.73 bits per heavy atom. The van der Waals surface area contributed by atoms with Crippen molar-refractivity contribution in [2.75, 3.05) is 31.6 Å². The maximum Gasteiger partial charge on any atom is 0.187 e. The maximum atomic E-state index is 5.49. The monoisotopic (exact) mass is 375 g/mol. The summed E-state index contributed by atoms with van der Waals surface area (Å²) in [6, 6.07) is 0. The van der Waals surface area contributed by atoms with E-state index in [0.29, 0.717) is 0 Å². The summed E-state index contributed by atoms with van der Waals surface area (Å²) in [4.78, 5) is 14.2. The predicted molar refractivity (Wildman–Crippen MR) is 107 cm³/mol. The lowest BCUT2D eigenvalue weighted by Gasteiger charge is -2.25. The molecular weight excluding hydrogens is 344 g/mol. The number of morpholine rings is 1. The van der Waals surface area contributed by atoms with E-state index < -0.39 is 0 Å². The molecule has 6 heteroatoms. The third-order valence-electron chi connectivity index (χ3n) is 5.30. The lowest BCUT2D eigenvalue weighted by molar-refractivity contribution is -0.922. The number of nitrogens with one attached hydrogen (secondary N) is 2. The summed E-state index contributed by atoms with van der Waals surface area (Å²) < 4.78 is 5.49. The van der Waals surface area contributed by atoms with Crippen molar-refractivity contribution in [2.24, 2.45) is 5.92 Å². The average Bonchev–Trinajstić information content (AvgIpc) is 2.91. The highest BCUT2D eigenvalue weighted by molar-refractivity contribution is 7.19. The molecule has 0 bridgehead atoms. The van der Waals surface area contributed by atoms with Crippen molar-refractivity contribution in [1.29, 1.82) is 0 Å². The second-order valence-corrected chi connectivity index (χ2v) is 10.0. The number of nitrogens with zero attached hydrogens (tertiary/aromatic N) is 2. The molecule has 2 aromatic heterocycles. The van der Waals surface area contributed by atoms with Crippen molar-refractivity contribution in [2.45, 2.75) is 59.0 Å². The van der Waals surface area contributed by atoms with Gasteiger partial charge in [0.2, 0.25) is 0 Å². The first kappa shape index (κ1) is 18.1. The first-order valence-corrected chi connectivity index (χ1v) is 10.7. The Balaban J connectivity index is 1.74. The first-order valence-electron chi connectivity index (χ1n) is 9.90. The second-order valence-electron chi connectivity index (χ2n) is 8.93. The molecule has 1 aliphatic heterocycles. The van der Waals surface area contributed by atoms with Crippen LogP contribution in [0.5, 0.6) is 0 Å². The molecule has 1 fully saturated rings. The molecule has 142 valence electrons. The van der Waals surface area contributed by atoms with Crippen LogP contribution in [0.15, 0.2) is 0 Å². The average molecular weight is 376 g/mol. The van der Waals surface area contributed by atoms with Gasteiger partial charge in [-0.1, -0.05) is 6.92 Å². The molecule has 2 aliphatic rings. The van der Waals surface area contributed by atoms with E-state index >= 15 is 0 Å². The molecule has 0 saturated carbocycles. The van der Waals surface area contributed by atoms with E-state index in [4.69, 9.17) is 14.7 Å². The minimum absolute atomic E-state index is 0.0127. The molecule has 2 aromatic rings. The van der Waals surface area contributed by atoms with Crippen LogP contribution in [0.2, 0.25) is 0 Å². The number of thiophene rings is 1. The summed E-state index contributed by atoms with van der Waals surface area (Å²) in [6.45, 7) is 13.6. The Hall–Kier alpha value is -1.24. The molecule has 1 atom stereocenters. The highest BCUT2D eigenvalue weighted by Gasteiger charge is 2.26. The molecule has 5 nitrogen and oxygen atoms in total. The topological polar surface area (TPSA) is 51.5 Å². The number of hydrogen-bond donors (Lipinski definition) is 2. The number of ether oxygens (including phenoxy) is 1. The lowest BCUT2D eigenvalue weighted by atomic mass is 9.89. The molecule has 0 amide bonds. The standard InChI is InChI=1S/C20H30N4OS/c1-13-5-6-14-15(11-13)26-19-17(14)18(23-20(2,3)4)21-16(22-19)12-24-7-9-25-10-8-24/h13H,5-12H2,1-4H3,(H,21,22,23)/p+1/t13-/m1/s1. The second kappa shape index (κ2) is 7.06. The van der Waals surface area contributed by atoms with Gasteiger partial charge in [0.05, 0.1) is 18.6 Å². The van der Waals surface area contributed by atoms with Gasteiger partial charge in [0, 0.05) is 10.4 Å². The van der Waals surface area contributed by atoms with Gasteiger partial charge in [0.1, 0.15) is 30.3 Å². The molecule has 2 N–H and O–H groups in total. The molecular formula is C20H31N4OS+. The van der Waals surface area contributed by atoms with Crippen molar-refractivity contribution < 1.29 is 9.64 Å². The fraction of sp³-hybridized carbons (Fsp3) is 0.700. The number of aryl methyl sites for hydroxylation is 1. The highest BCUT2D eigenvalue weighted by atomic mass is 32.1. The van der Waals surface area contributed by atoms with Crippen molar-refractivity contribution in [3.8, 4) is 0 Å². The minimum Gasteiger partial charge on any atom is -0.370 e. The van der Waals surface area contributed by atoms with Crippen LogP contribution >= 0.6 is 11.3 Å². The summed E-state index contributed by atoms with van der Waals surface area (Å²) in [5, 5.41) is 4.96. The Morgan fingerprint density at radius 2 is 2.00 bits per heavy atom. The van der Waals surface area contributed by atoms with E-state index in [9.17, 15) is 0 Å². The Morgan fingerprint density at radius 1 is 1.23 bits per heavy atom. The fourth-order valence-corrected chi connectivity index (χ4v) is 5.37. The van der Waals surface area contributed by atoms with E-state index in [1.54, 1.807) is 0 Å². The van der Waals surface area contributed by atoms with Crippen LogP contribution in [0.4, 0.5) is 5.82 Å². The van der Waals surface area contributed by atoms with Crippen molar-refractivity contribution in [3.05, 3.63) is 16.3 Å². The molecule has 0 unspecified atom stereocenters. The maximum absolute atomic E-state index is 5.49. The quantitative estimate of drug-likeness (QED) is 0.865. The molecule has 0 radical (unpaired) electrons. The van der Waals surface area contributed by atoms with Gasteiger partial charge in [-0.15, -0.1) is 11.3 Å². The van der Waals surface area contributed by atoms with Crippen LogP contribution in [-0.2, 0) is 24.1 Å². The van der Waals surface area contributed by atoms with Gasteiger partial charge in [-0.25, -0.2) is 9.97 Å². The molecule has 4 rings (SSSR count). The Labute approximate surface area is 160 Å². The van der Waals surface area contributed by atoms with Crippen LogP contribution in [-0.4, -0.2) is 41.8 Å². The van der Waals surface area contributed by atoms with E-state index in [-0.39, 0.29) is 5.54 Å². The molecule has 0 aromatic carbocycles. The Bertz CT molecular complexity index is 789. The summed E-state index contributed by atoms with van der Waals surface area (Å²) in [6.07, 6.45) is 3.62. The third kappa shape index (κ3) is 3.87. The lowest BCUT2D eigenvalue weighted by Crippen LogP contribution is -3.12. The van der Waals surface area contributed by atoms with Gasteiger partial charge in [0.15, 0.2) is 5.82 Å². The van der Waals surface area contributed by atoms with E-state index in [1.165, 1.54) is 38.4 Å². The Kier molecular flexibility index (Phi) is 4.92. The van der Waals surface area contributed by atoms with Crippen molar-refractivity contribution >= 4 is 27.4 Å². The number of aromatic nitrogens is 2. The highest BCUT2D eigenvalue weighted by Crippen LogP contribution is 2.40. The van der Waals surface area contributed by atoms with E-state index in [0.717, 1.165) is 56.8 Å². The molecule has 1 saturated heterocycles. The van der Waals surface area contributed by atoms with Gasteiger partial charge < -0.3 is 15.0 Å². The fourth-order valence-electron chi connectivity index (χ4n) is 3.97.